The predicted molar refractivity (Wildman–Crippen MR) is 55.6 cm³/mol. The molecule has 86 valence electrons. The molecule has 0 aliphatic rings. The summed E-state index contributed by atoms with van der Waals surface area (Å²) in [6.07, 6.45) is -2.09. The van der Waals surface area contributed by atoms with Gasteiger partial charge in [-0.25, -0.2) is 4.79 Å². The van der Waals surface area contributed by atoms with Gasteiger partial charge in [-0.1, -0.05) is 0 Å². The number of aliphatic hydroxyl groups is 1. The lowest BCUT2D eigenvalue weighted by Gasteiger charge is -2.05. The number of methoxy groups -OCH3 is 1. The molecule has 5 nitrogen and oxygen atoms in total. The number of ether oxygens (including phenoxy) is 1. The number of hydrogen-bond donors (Lipinski definition) is 2. The van der Waals surface area contributed by atoms with Crippen LogP contribution in [0.15, 0.2) is 24.3 Å². The SMILES string of the molecule is COc1ccc(C(=O)CC(O)C(=O)O)cc1. The quantitative estimate of drug-likeness (QED) is 0.720. The van der Waals surface area contributed by atoms with E-state index in [9.17, 15) is 9.59 Å². The predicted octanol–water partition coefficient (Wildman–Crippen LogP) is 0.713. The Bertz CT molecular complexity index is 382. The molecule has 0 aliphatic heterocycles. The highest BCUT2D eigenvalue weighted by Crippen LogP contribution is 2.13. The lowest BCUT2D eigenvalue weighted by molar-refractivity contribution is -0.146. The average Bonchev–Trinajstić information content (AvgIpc) is 2.28. The second-order valence-corrected chi connectivity index (χ2v) is 3.21. The maximum Gasteiger partial charge on any atom is 0.332 e. The fraction of sp³-hybridized carbons (Fsp3) is 0.273. The number of hydrogen-bond acceptors (Lipinski definition) is 4. The van der Waals surface area contributed by atoms with Gasteiger partial charge in [-0.15, -0.1) is 0 Å². The van der Waals surface area contributed by atoms with Crippen molar-refractivity contribution in [1.82, 2.24) is 0 Å². The Morgan fingerprint density at radius 1 is 1.31 bits per heavy atom. The van der Waals surface area contributed by atoms with Crippen molar-refractivity contribution in [3.05, 3.63) is 29.8 Å². The molecule has 1 atom stereocenters. The van der Waals surface area contributed by atoms with Crippen LogP contribution in [0.1, 0.15) is 16.8 Å². The highest BCUT2D eigenvalue weighted by Gasteiger charge is 2.18. The van der Waals surface area contributed by atoms with Gasteiger partial charge in [0.05, 0.1) is 7.11 Å². The van der Waals surface area contributed by atoms with Gasteiger partial charge >= 0.3 is 5.97 Å². The van der Waals surface area contributed by atoms with Crippen LogP contribution in [0.25, 0.3) is 0 Å². The zero-order valence-corrected chi connectivity index (χ0v) is 8.71. The first kappa shape index (κ1) is 12.2. The summed E-state index contributed by atoms with van der Waals surface area (Å²) in [5.41, 5.74) is 0.348. The van der Waals surface area contributed by atoms with Gasteiger partial charge in [-0.2, -0.15) is 0 Å². The number of carboxylic acids is 1. The lowest BCUT2D eigenvalue weighted by Crippen LogP contribution is -2.23. The fourth-order valence-electron chi connectivity index (χ4n) is 1.16. The minimum Gasteiger partial charge on any atom is -0.497 e. The van der Waals surface area contributed by atoms with Gasteiger partial charge in [0.25, 0.3) is 0 Å². The van der Waals surface area contributed by atoms with Crippen LogP contribution in [0, 0.1) is 0 Å². The van der Waals surface area contributed by atoms with E-state index in [1.807, 2.05) is 0 Å². The molecule has 2 N–H and O–H groups in total. The molecule has 1 aromatic rings. The summed E-state index contributed by atoms with van der Waals surface area (Å²) >= 11 is 0. The molecule has 0 saturated heterocycles. The Morgan fingerprint density at radius 3 is 2.31 bits per heavy atom. The van der Waals surface area contributed by atoms with Gasteiger partial charge in [-0.3, -0.25) is 4.79 Å². The number of Topliss-reactive ketones (excluding diaryl/α,β-unsaturated/α-hetero) is 1. The molecule has 1 unspecified atom stereocenters. The molecule has 0 radical (unpaired) electrons. The van der Waals surface area contributed by atoms with E-state index >= 15 is 0 Å². The summed E-state index contributed by atoms with van der Waals surface area (Å²) < 4.78 is 4.91. The molecule has 0 fully saturated rings. The molecule has 0 bridgehead atoms. The minimum atomic E-state index is -1.66. The Labute approximate surface area is 92.3 Å². The summed E-state index contributed by atoms with van der Waals surface area (Å²) in [6, 6.07) is 6.24. The van der Waals surface area contributed by atoms with Crippen LogP contribution in [0.4, 0.5) is 0 Å². The van der Waals surface area contributed by atoms with Crippen LogP contribution in [0.3, 0.4) is 0 Å². The van der Waals surface area contributed by atoms with Gasteiger partial charge in [0.2, 0.25) is 0 Å². The normalized spacial score (nSPS) is 11.9. The summed E-state index contributed by atoms with van der Waals surface area (Å²) in [5.74, 6) is -1.21. The molecule has 0 aromatic heterocycles. The van der Waals surface area contributed by atoms with Gasteiger partial charge in [0.15, 0.2) is 11.9 Å². The molecular formula is C11H12O5. The van der Waals surface area contributed by atoms with Crippen molar-refractivity contribution >= 4 is 11.8 Å². The van der Waals surface area contributed by atoms with Crippen molar-refractivity contribution in [2.24, 2.45) is 0 Å². The number of carboxylic acid groups (broad SMARTS) is 1. The Kier molecular flexibility index (Phi) is 4.02. The zero-order valence-electron chi connectivity index (χ0n) is 8.71. The summed E-state index contributed by atoms with van der Waals surface area (Å²) in [5, 5.41) is 17.5. The summed E-state index contributed by atoms with van der Waals surface area (Å²) in [6.45, 7) is 0. The van der Waals surface area contributed by atoms with E-state index in [2.05, 4.69) is 0 Å². The van der Waals surface area contributed by atoms with E-state index in [1.165, 1.54) is 19.2 Å². The van der Waals surface area contributed by atoms with E-state index < -0.39 is 24.3 Å². The van der Waals surface area contributed by atoms with Crippen LogP contribution in [0.5, 0.6) is 5.75 Å². The topological polar surface area (TPSA) is 83.8 Å². The lowest BCUT2D eigenvalue weighted by atomic mass is 10.1. The van der Waals surface area contributed by atoms with Gasteiger partial charge in [0.1, 0.15) is 5.75 Å². The standard InChI is InChI=1S/C11H12O5/c1-16-8-4-2-7(3-5-8)9(12)6-10(13)11(14)15/h2-5,10,13H,6H2,1H3,(H,14,15). The van der Waals surface area contributed by atoms with Crippen LogP contribution >= 0.6 is 0 Å². The van der Waals surface area contributed by atoms with Gasteiger partial charge in [0, 0.05) is 12.0 Å². The van der Waals surface area contributed by atoms with Crippen molar-refractivity contribution in [3.8, 4) is 5.75 Å². The maximum absolute atomic E-state index is 11.5. The summed E-state index contributed by atoms with van der Waals surface area (Å²) in [7, 11) is 1.50. The molecule has 0 heterocycles. The first-order valence-electron chi connectivity index (χ1n) is 4.62. The second-order valence-electron chi connectivity index (χ2n) is 3.21. The van der Waals surface area contributed by atoms with E-state index in [4.69, 9.17) is 14.9 Å². The highest BCUT2D eigenvalue weighted by molar-refractivity contribution is 5.98. The molecule has 0 aliphatic carbocycles. The van der Waals surface area contributed by atoms with Crippen LogP contribution in [-0.4, -0.2) is 35.2 Å². The third-order valence-electron chi connectivity index (χ3n) is 2.08. The van der Waals surface area contributed by atoms with Crippen LogP contribution in [-0.2, 0) is 4.79 Å². The van der Waals surface area contributed by atoms with E-state index in [0.717, 1.165) is 0 Å². The van der Waals surface area contributed by atoms with E-state index in [-0.39, 0.29) is 0 Å². The van der Waals surface area contributed by atoms with Crippen molar-refractivity contribution in [1.29, 1.82) is 0 Å². The number of carbonyl (C=O) groups excluding carboxylic acids is 1. The van der Waals surface area contributed by atoms with Crippen LogP contribution in [0.2, 0.25) is 0 Å². The molecule has 0 saturated carbocycles. The van der Waals surface area contributed by atoms with Crippen molar-refractivity contribution in [2.75, 3.05) is 7.11 Å². The van der Waals surface area contributed by atoms with Gasteiger partial charge < -0.3 is 14.9 Å². The number of carbonyl (C=O) groups is 2. The molecule has 16 heavy (non-hydrogen) atoms. The fourth-order valence-corrected chi connectivity index (χ4v) is 1.16. The second kappa shape index (κ2) is 5.27. The third kappa shape index (κ3) is 3.06. The summed E-state index contributed by atoms with van der Waals surface area (Å²) in [4.78, 5) is 21.8. The first-order valence-corrected chi connectivity index (χ1v) is 4.62. The largest absolute Gasteiger partial charge is 0.497 e. The van der Waals surface area contributed by atoms with Crippen molar-refractivity contribution < 1.29 is 24.5 Å². The molecule has 0 spiro atoms. The number of aliphatic carboxylic acids is 1. The average molecular weight is 224 g/mol. The van der Waals surface area contributed by atoms with E-state index in [0.29, 0.717) is 11.3 Å². The Morgan fingerprint density at radius 2 is 1.88 bits per heavy atom. The monoisotopic (exact) mass is 224 g/mol. The number of rotatable bonds is 5. The molecule has 1 rings (SSSR count). The molecule has 1 aromatic carbocycles. The number of aliphatic hydroxyl groups excluding tert-OH is 1. The molecule has 5 heteroatoms. The molecular weight excluding hydrogens is 212 g/mol. The van der Waals surface area contributed by atoms with Crippen molar-refractivity contribution in [3.63, 3.8) is 0 Å². The Balaban J connectivity index is 2.69. The van der Waals surface area contributed by atoms with E-state index in [1.54, 1.807) is 12.1 Å². The third-order valence-corrected chi connectivity index (χ3v) is 2.08. The van der Waals surface area contributed by atoms with Crippen LogP contribution < -0.4 is 4.74 Å². The van der Waals surface area contributed by atoms with Gasteiger partial charge in [-0.05, 0) is 24.3 Å². The van der Waals surface area contributed by atoms with Crippen molar-refractivity contribution in [2.45, 2.75) is 12.5 Å². The smallest absolute Gasteiger partial charge is 0.332 e. The maximum atomic E-state index is 11.5. The number of ketones is 1. The minimum absolute atomic E-state index is 0.348. The highest BCUT2D eigenvalue weighted by atomic mass is 16.5. The number of benzene rings is 1. The Hall–Kier alpha value is -1.88. The molecule has 0 amide bonds. The first-order chi connectivity index (χ1) is 7.54. The zero-order chi connectivity index (χ0) is 12.1.